The van der Waals surface area contributed by atoms with Gasteiger partial charge in [-0.3, -0.25) is 9.10 Å². The quantitative estimate of drug-likeness (QED) is 0.870. The summed E-state index contributed by atoms with van der Waals surface area (Å²) in [6, 6.07) is 5.51. The summed E-state index contributed by atoms with van der Waals surface area (Å²) in [5, 5.41) is 2.80. The number of nitrogens with one attached hydrogen (secondary N) is 1. The van der Waals surface area contributed by atoms with E-state index < -0.39 is 10.0 Å². The van der Waals surface area contributed by atoms with Crippen LogP contribution in [-0.2, 0) is 14.8 Å². The molecule has 20 heavy (non-hydrogen) atoms. The van der Waals surface area contributed by atoms with Crippen LogP contribution in [0.1, 0.15) is 18.4 Å². The highest BCUT2D eigenvalue weighted by molar-refractivity contribution is 9.10. The van der Waals surface area contributed by atoms with Crippen LogP contribution in [0.15, 0.2) is 22.7 Å². The molecule has 0 aromatic heterocycles. The minimum absolute atomic E-state index is 0.183. The van der Waals surface area contributed by atoms with E-state index >= 15 is 0 Å². The predicted molar refractivity (Wildman–Crippen MR) is 82.2 cm³/mol. The zero-order valence-corrected chi connectivity index (χ0v) is 13.8. The SMILES string of the molecule is Cc1cc(Br)ccc1N(CC(=O)NC1CC1)S(C)(=O)=O. The van der Waals surface area contributed by atoms with Gasteiger partial charge in [-0.25, -0.2) is 8.42 Å². The molecule has 1 aromatic carbocycles. The molecule has 110 valence electrons. The van der Waals surface area contributed by atoms with E-state index in [1.807, 2.05) is 13.0 Å². The van der Waals surface area contributed by atoms with Crippen molar-refractivity contribution >= 4 is 37.5 Å². The van der Waals surface area contributed by atoms with E-state index in [1.165, 1.54) is 0 Å². The Bertz CT molecular complexity index is 627. The van der Waals surface area contributed by atoms with E-state index in [4.69, 9.17) is 0 Å². The number of rotatable bonds is 5. The highest BCUT2D eigenvalue weighted by Gasteiger charge is 2.27. The first-order valence-electron chi connectivity index (χ1n) is 6.30. The molecule has 0 radical (unpaired) electrons. The Kier molecular flexibility index (Phi) is 4.39. The Hall–Kier alpha value is -1.08. The van der Waals surface area contributed by atoms with Gasteiger partial charge in [0.2, 0.25) is 15.9 Å². The fraction of sp³-hybridized carbons (Fsp3) is 0.462. The lowest BCUT2D eigenvalue weighted by atomic mass is 10.2. The van der Waals surface area contributed by atoms with Gasteiger partial charge in [-0.2, -0.15) is 0 Å². The molecule has 2 rings (SSSR count). The Morgan fingerprint density at radius 3 is 2.60 bits per heavy atom. The average Bonchev–Trinajstić information content (AvgIpc) is 3.09. The summed E-state index contributed by atoms with van der Waals surface area (Å²) in [6.07, 6.45) is 3.06. The summed E-state index contributed by atoms with van der Waals surface area (Å²) in [5.41, 5.74) is 1.32. The number of hydrogen-bond donors (Lipinski definition) is 1. The maximum absolute atomic E-state index is 11.9. The van der Waals surface area contributed by atoms with Gasteiger partial charge in [0.1, 0.15) is 6.54 Å². The van der Waals surface area contributed by atoms with Gasteiger partial charge in [-0.15, -0.1) is 0 Å². The maximum atomic E-state index is 11.9. The largest absolute Gasteiger partial charge is 0.352 e. The van der Waals surface area contributed by atoms with Crippen molar-refractivity contribution in [3.63, 3.8) is 0 Å². The number of halogens is 1. The Balaban J connectivity index is 2.25. The molecule has 0 unspecified atom stereocenters. The van der Waals surface area contributed by atoms with Crippen LogP contribution in [0.3, 0.4) is 0 Å². The van der Waals surface area contributed by atoms with Crippen molar-refractivity contribution in [1.29, 1.82) is 0 Å². The molecule has 0 aliphatic heterocycles. The van der Waals surface area contributed by atoms with Gasteiger partial charge < -0.3 is 5.32 Å². The smallest absolute Gasteiger partial charge is 0.240 e. The molecular weight excluding hydrogens is 344 g/mol. The third kappa shape index (κ3) is 3.96. The Morgan fingerprint density at radius 2 is 2.10 bits per heavy atom. The second-order valence-electron chi connectivity index (χ2n) is 5.04. The molecule has 1 aliphatic rings. The van der Waals surface area contributed by atoms with Crippen LogP contribution in [-0.4, -0.2) is 33.2 Å². The highest BCUT2D eigenvalue weighted by atomic mass is 79.9. The lowest BCUT2D eigenvalue weighted by Crippen LogP contribution is -2.41. The van der Waals surface area contributed by atoms with Crippen LogP contribution >= 0.6 is 15.9 Å². The zero-order valence-electron chi connectivity index (χ0n) is 11.4. The molecule has 1 amide bonds. The number of anilines is 1. The number of amides is 1. The molecule has 1 N–H and O–H groups in total. The molecular formula is C13H17BrN2O3S. The standard InChI is InChI=1S/C13H17BrN2O3S/c1-9-7-10(14)3-6-12(9)16(20(2,18)19)8-13(17)15-11-4-5-11/h3,6-7,11H,4-5,8H2,1-2H3,(H,15,17). The van der Waals surface area contributed by atoms with E-state index in [-0.39, 0.29) is 18.5 Å². The fourth-order valence-corrected chi connectivity index (χ4v) is 3.30. The third-order valence-electron chi connectivity index (χ3n) is 3.06. The van der Waals surface area contributed by atoms with E-state index in [2.05, 4.69) is 21.2 Å². The van der Waals surface area contributed by atoms with Gasteiger partial charge in [-0.05, 0) is 43.5 Å². The zero-order chi connectivity index (χ0) is 14.9. The van der Waals surface area contributed by atoms with E-state index in [9.17, 15) is 13.2 Å². The van der Waals surface area contributed by atoms with Crippen molar-refractivity contribution in [2.24, 2.45) is 0 Å². The molecule has 0 spiro atoms. The summed E-state index contributed by atoms with van der Waals surface area (Å²) in [4.78, 5) is 11.9. The van der Waals surface area contributed by atoms with E-state index in [0.717, 1.165) is 33.4 Å². The van der Waals surface area contributed by atoms with Crippen molar-refractivity contribution < 1.29 is 13.2 Å². The third-order valence-corrected chi connectivity index (χ3v) is 4.68. The van der Waals surface area contributed by atoms with Crippen molar-refractivity contribution in [2.45, 2.75) is 25.8 Å². The Labute approximate surface area is 127 Å². The molecule has 1 aromatic rings. The lowest BCUT2D eigenvalue weighted by Gasteiger charge is -2.23. The van der Waals surface area contributed by atoms with Gasteiger partial charge in [0.15, 0.2) is 0 Å². The average molecular weight is 361 g/mol. The molecule has 0 saturated heterocycles. The van der Waals surface area contributed by atoms with Crippen LogP contribution in [0.5, 0.6) is 0 Å². The van der Waals surface area contributed by atoms with Gasteiger partial charge >= 0.3 is 0 Å². The Morgan fingerprint density at radius 1 is 1.45 bits per heavy atom. The first-order chi connectivity index (χ1) is 9.27. The molecule has 1 saturated carbocycles. The fourth-order valence-electron chi connectivity index (χ4n) is 1.91. The topological polar surface area (TPSA) is 66.5 Å². The summed E-state index contributed by atoms with van der Waals surface area (Å²) in [6.45, 7) is 1.63. The van der Waals surface area contributed by atoms with Gasteiger partial charge in [0, 0.05) is 10.5 Å². The van der Waals surface area contributed by atoms with Crippen LogP contribution in [0.2, 0.25) is 0 Å². The molecule has 5 nitrogen and oxygen atoms in total. The minimum atomic E-state index is -3.51. The minimum Gasteiger partial charge on any atom is -0.352 e. The van der Waals surface area contributed by atoms with Gasteiger partial charge in [-0.1, -0.05) is 15.9 Å². The van der Waals surface area contributed by atoms with Crippen molar-refractivity contribution in [1.82, 2.24) is 5.32 Å². The number of hydrogen-bond acceptors (Lipinski definition) is 3. The number of aryl methyl sites for hydroxylation is 1. The number of nitrogens with zero attached hydrogens (tertiary/aromatic N) is 1. The van der Waals surface area contributed by atoms with Crippen molar-refractivity contribution in [3.8, 4) is 0 Å². The lowest BCUT2D eigenvalue weighted by molar-refractivity contribution is -0.119. The molecule has 0 heterocycles. The second kappa shape index (κ2) is 5.73. The van der Waals surface area contributed by atoms with Crippen LogP contribution in [0, 0.1) is 6.92 Å². The number of carbonyl (C=O) groups is 1. The number of sulfonamides is 1. The number of benzene rings is 1. The van der Waals surface area contributed by atoms with Crippen LogP contribution in [0.4, 0.5) is 5.69 Å². The molecule has 0 bridgehead atoms. The monoisotopic (exact) mass is 360 g/mol. The number of carbonyl (C=O) groups excluding carboxylic acids is 1. The molecule has 1 fully saturated rings. The van der Waals surface area contributed by atoms with Crippen molar-refractivity contribution in [2.75, 3.05) is 17.1 Å². The summed E-state index contributed by atoms with van der Waals surface area (Å²) < 4.78 is 25.9. The van der Waals surface area contributed by atoms with Crippen molar-refractivity contribution in [3.05, 3.63) is 28.2 Å². The first kappa shape index (κ1) is 15.3. The normalized spacial score (nSPS) is 14.9. The molecule has 0 atom stereocenters. The molecule has 7 heteroatoms. The second-order valence-corrected chi connectivity index (χ2v) is 7.86. The van der Waals surface area contributed by atoms with Gasteiger partial charge in [0.25, 0.3) is 0 Å². The van der Waals surface area contributed by atoms with Crippen LogP contribution < -0.4 is 9.62 Å². The summed E-state index contributed by atoms with van der Waals surface area (Å²) >= 11 is 3.34. The maximum Gasteiger partial charge on any atom is 0.240 e. The summed E-state index contributed by atoms with van der Waals surface area (Å²) in [5.74, 6) is -0.264. The van der Waals surface area contributed by atoms with Crippen LogP contribution in [0.25, 0.3) is 0 Å². The predicted octanol–water partition coefficient (Wildman–Crippen LogP) is 1.80. The van der Waals surface area contributed by atoms with Gasteiger partial charge in [0.05, 0.1) is 11.9 Å². The molecule has 1 aliphatic carbocycles. The van der Waals surface area contributed by atoms with E-state index in [0.29, 0.717) is 5.69 Å². The highest BCUT2D eigenvalue weighted by Crippen LogP contribution is 2.26. The first-order valence-corrected chi connectivity index (χ1v) is 8.95. The summed E-state index contributed by atoms with van der Waals surface area (Å²) in [7, 11) is -3.51. The van der Waals surface area contributed by atoms with E-state index in [1.54, 1.807) is 12.1 Å².